The van der Waals surface area contributed by atoms with E-state index in [9.17, 15) is 9.59 Å². The summed E-state index contributed by atoms with van der Waals surface area (Å²) in [6.07, 6.45) is 0. The summed E-state index contributed by atoms with van der Waals surface area (Å²) in [4.78, 5) is 25.5. The Labute approximate surface area is 102 Å². The molecule has 98 valence electrons. The van der Waals surface area contributed by atoms with Crippen LogP contribution in [0.25, 0.3) is 0 Å². The fraction of sp³-hybridized carbons (Fsp3) is 0.833. The topological polar surface area (TPSA) is 58.6 Å². The van der Waals surface area contributed by atoms with Crippen LogP contribution < -0.4 is 5.32 Å². The van der Waals surface area contributed by atoms with Crippen LogP contribution in [0.4, 0.5) is 0 Å². The molecule has 1 aliphatic rings. The van der Waals surface area contributed by atoms with Gasteiger partial charge in [-0.25, -0.2) is 0 Å². The Kier molecular flexibility index (Phi) is 4.93. The minimum Gasteiger partial charge on any atom is -0.380 e. The molecule has 0 aliphatic carbocycles. The molecule has 0 radical (unpaired) electrons. The number of rotatable bonds is 5. The molecule has 1 rings (SSSR count). The molecule has 5 heteroatoms. The standard InChI is InChI=1S/C12H22N2O3/c1-5-17-7-6-14-9(4)11(15)13-10(8(2)3)12(14)16/h8-10H,5-7H2,1-4H3,(H,13,15). The van der Waals surface area contributed by atoms with E-state index in [-0.39, 0.29) is 17.7 Å². The third-order valence-corrected chi connectivity index (χ3v) is 3.04. The first kappa shape index (κ1) is 14.0. The average molecular weight is 242 g/mol. The number of nitrogens with zero attached hydrogens (tertiary/aromatic N) is 1. The number of piperazine rings is 1. The van der Waals surface area contributed by atoms with Crippen molar-refractivity contribution in [3.05, 3.63) is 0 Å². The van der Waals surface area contributed by atoms with Crippen LogP contribution in [0, 0.1) is 5.92 Å². The molecule has 0 saturated carbocycles. The van der Waals surface area contributed by atoms with Gasteiger partial charge in [0.05, 0.1) is 6.61 Å². The molecule has 0 aromatic rings. The number of hydrogen-bond donors (Lipinski definition) is 1. The molecule has 2 atom stereocenters. The van der Waals surface area contributed by atoms with Crippen LogP contribution in [0.1, 0.15) is 27.7 Å². The second-order valence-electron chi connectivity index (χ2n) is 4.63. The maximum Gasteiger partial charge on any atom is 0.246 e. The molecule has 1 fully saturated rings. The van der Waals surface area contributed by atoms with Crippen molar-refractivity contribution in [1.82, 2.24) is 10.2 Å². The molecule has 0 aromatic carbocycles. The zero-order valence-electron chi connectivity index (χ0n) is 11.0. The van der Waals surface area contributed by atoms with Gasteiger partial charge in [0, 0.05) is 13.2 Å². The molecule has 0 spiro atoms. The molecule has 1 N–H and O–H groups in total. The van der Waals surface area contributed by atoms with Crippen molar-refractivity contribution < 1.29 is 14.3 Å². The molecule has 1 aliphatic heterocycles. The number of amides is 2. The van der Waals surface area contributed by atoms with Crippen molar-refractivity contribution in [2.75, 3.05) is 19.8 Å². The number of nitrogens with one attached hydrogen (secondary N) is 1. The van der Waals surface area contributed by atoms with Crippen LogP contribution in [0.3, 0.4) is 0 Å². The SMILES string of the molecule is CCOCCN1C(=O)C(C(C)C)NC(=O)C1C. The number of carbonyl (C=O) groups is 2. The third kappa shape index (κ3) is 3.19. The number of ether oxygens (including phenoxy) is 1. The van der Waals surface area contributed by atoms with Crippen LogP contribution in [0.2, 0.25) is 0 Å². The summed E-state index contributed by atoms with van der Waals surface area (Å²) >= 11 is 0. The quantitative estimate of drug-likeness (QED) is 0.710. The molecule has 17 heavy (non-hydrogen) atoms. The summed E-state index contributed by atoms with van der Waals surface area (Å²) in [6, 6.07) is -0.807. The van der Waals surface area contributed by atoms with Crippen molar-refractivity contribution in [3.8, 4) is 0 Å². The molecule has 2 unspecified atom stereocenters. The van der Waals surface area contributed by atoms with Crippen molar-refractivity contribution in [3.63, 3.8) is 0 Å². The molecule has 0 aromatic heterocycles. The highest BCUT2D eigenvalue weighted by atomic mass is 16.5. The first-order chi connectivity index (χ1) is 7.99. The zero-order chi connectivity index (χ0) is 13.0. The predicted molar refractivity (Wildman–Crippen MR) is 64.4 cm³/mol. The fourth-order valence-electron chi connectivity index (χ4n) is 1.91. The van der Waals surface area contributed by atoms with Gasteiger partial charge < -0.3 is 15.0 Å². The smallest absolute Gasteiger partial charge is 0.246 e. The monoisotopic (exact) mass is 242 g/mol. The van der Waals surface area contributed by atoms with Gasteiger partial charge in [0.2, 0.25) is 11.8 Å². The van der Waals surface area contributed by atoms with Crippen LogP contribution in [0.5, 0.6) is 0 Å². The maximum atomic E-state index is 12.2. The lowest BCUT2D eigenvalue weighted by Gasteiger charge is -2.38. The maximum absolute atomic E-state index is 12.2. The van der Waals surface area contributed by atoms with Crippen molar-refractivity contribution in [1.29, 1.82) is 0 Å². The van der Waals surface area contributed by atoms with Crippen molar-refractivity contribution in [2.24, 2.45) is 5.92 Å². The van der Waals surface area contributed by atoms with Gasteiger partial charge in [-0.1, -0.05) is 13.8 Å². The van der Waals surface area contributed by atoms with E-state index in [0.717, 1.165) is 0 Å². The Balaban J connectivity index is 2.70. The number of carbonyl (C=O) groups excluding carboxylic acids is 2. The lowest BCUT2D eigenvalue weighted by Crippen LogP contribution is -2.64. The van der Waals surface area contributed by atoms with Crippen LogP contribution >= 0.6 is 0 Å². The molecule has 1 heterocycles. The van der Waals surface area contributed by atoms with Gasteiger partial charge in [-0.2, -0.15) is 0 Å². The van der Waals surface area contributed by atoms with E-state index in [1.807, 2.05) is 20.8 Å². The van der Waals surface area contributed by atoms with E-state index in [1.54, 1.807) is 11.8 Å². The van der Waals surface area contributed by atoms with Gasteiger partial charge in [0.1, 0.15) is 12.1 Å². The highest BCUT2D eigenvalue weighted by molar-refractivity contribution is 5.96. The van der Waals surface area contributed by atoms with Gasteiger partial charge in [0.25, 0.3) is 0 Å². The summed E-state index contributed by atoms with van der Waals surface area (Å²) in [6.45, 7) is 9.09. The predicted octanol–water partition coefficient (Wildman–Crippen LogP) is 0.394. The largest absolute Gasteiger partial charge is 0.380 e. The summed E-state index contributed by atoms with van der Waals surface area (Å²) < 4.78 is 5.24. The van der Waals surface area contributed by atoms with Gasteiger partial charge in [-0.3, -0.25) is 9.59 Å². The normalized spacial score (nSPS) is 25.4. The molecule has 2 amide bonds. The summed E-state index contributed by atoms with van der Waals surface area (Å²) in [5, 5.41) is 2.76. The van der Waals surface area contributed by atoms with Gasteiger partial charge in [-0.05, 0) is 19.8 Å². The fourth-order valence-corrected chi connectivity index (χ4v) is 1.91. The second-order valence-corrected chi connectivity index (χ2v) is 4.63. The Bertz CT molecular complexity index is 291. The average Bonchev–Trinajstić information content (AvgIpc) is 2.28. The molecule has 0 bridgehead atoms. The minimum absolute atomic E-state index is 0.00759. The third-order valence-electron chi connectivity index (χ3n) is 3.04. The van der Waals surface area contributed by atoms with E-state index in [0.29, 0.717) is 19.8 Å². The molecular weight excluding hydrogens is 220 g/mol. The van der Waals surface area contributed by atoms with E-state index < -0.39 is 12.1 Å². The molecule has 1 saturated heterocycles. The van der Waals surface area contributed by atoms with Crippen LogP contribution in [0.15, 0.2) is 0 Å². The first-order valence-electron chi connectivity index (χ1n) is 6.17. The second kappa shape index (κ2) is 6.00. The molecular formula is C12H22N2O3. The highest BCUT2D eigenvalue weighted by Gasteiger charge is 2.38. The Hall–Kier alpha value is -1.10. The van der Waals surface area contributed by atoms with Gasteiger partial charge in [0.15, 0.2) is 0 Å². The van der Waals surface area contributed by atoms with Crippen LogP contribution in [-0.2, 0) is 14.3 Å². The Morgan fingerprint density at radius 2 is 2.06 bits per heavy atom. The summed E-state index contributed by atoms with van der Waals surface area (Å²) in [5.41, 5.74) is 0. The Morgan fingerprint density at radius 1 is 1.41 bits per heavy atom. The Morgan fingerprint density at radius 3 is 2.59 bits per heavy atom. The van der Waals surface area contributed by atoms with E-state index >= 15 is 0 Å². The lowest BCUT2D eigenvalue weighted by atomic mass is 9.98. The van der Waals surface area contributed by atoms with E-state index in [1.165, 1.54) is 0 Å². The van der Waals surface area contributed by atoms with E-state index in [4.69, 9.17) is 4.74 Å². The highest BCUT2D eigenvalue weighted by Crippen LogP contribution is 2.14. The number of hydrogen-bond acceptors (Lipinski definition) is 3. The van der Waals surface area contributed by atoms with Crippen molar-refractivity contribution >= 4 is 11.8 Å². The van der Waals surface area contributed by atoms with Gasteiger partial charge >= 0.3 is 0 Å². The first-order valence-corrected chi connectivity index (χ1v) is 6.17. The summed E-state index contributed by atoms with van der Waals surface area (Å²) in [7, 11) is 0. The molecule has 5 nitrogen and oxygen atoms in total. The minimum atomic E-state index is -0.405. The van der Waals surface area contributed by atoms with E-state index in [2.05, 4.69) is 5.32 Å². The lowest BCUT2D eigenvalue weighted by molar-refractivity contribution is -0.150. The van der Waals surface area contributed by atoms with Crippen LogP contribution in [-0.4, -0.2) is 48.6 Å². The summed E-state index contributed by atoms with van der Waals surface area (Å²) in [5.74, 6) is 0.0140. The zero-order valence-corrected chi connectivity index (χ0v) is 11.0. The van der Waals surface area contributed by atoms with Gasteiger partial charge in [-0.15, -0.1) is 0 Å². The van der Waals surface area contributed by atoms with Crippen molar-refractivity contribution in [2.45, 2.75) is 39.8 Å².